The Hall–Kier alpha value is -3.53. The molecule has 0 bridgehead atoms. The fourth-order valence-electron chi connectivity index (χ4n) is 3.96. The summed E-state index contributed by atoms with van der Waals surface area (Å²) in [6.07, 6.45) is -8.96. The highest BCUT2D eigenvalue weighted by molar-refractivity contribution is 6.31. The second kappa shape index (κ2) is 9.50. The lowest BCUT2D eigenvalue weighted by Crippen LogP contribution is -2.35. The van der Waals surface area contributed by atoms with Crippen LogP contribution in [-0.4, -0.2) is 18.4 Å². The van der Waals surface area contributed by atoms with Crippen LogP contribution >= 0.6 is 11.6 Å². The van der Waals surface area contributed by atoms with Crippen molar-refractivity contribution in [1.82, 2.24) is 0 Å². The first-order valence-electron chi connectivity index (χ1n) is 10.6. The Bertz CT molecular complexity index is 1300. The van der Waals surface area contributed by atoms with Gasteiger partial charge in [0.15, 0.2) is 0 Å². The third-order valence-corrected chi connectivity index (χ3v) is 5.86. The van der Waals surface area contributed by atoms with Gasteiger partial charge in [-0.05, 0) is 73.0 Å². The van der Waals surface area contributed by atoms with Gasteiger partial charge in [-0.3, -0.25) is 9.59 Å². The van der Waals surface area contributed by atoms with Crippen LogP contribution in [0.25, 0.3) is 0 Å². The third-order valence-electron chi connectivity index (χ3n) is 5.62. The van der Waals surface area contributed by atoms with E-state index in [1.165, 1.54) is 29.2 Å². The molecule has 4 nitrogen and oxygen atoms in total. The Kier molecular flexibility index (Phi) is 6.74. The van der Waals surface area contributed by atoms with Crippen LogP contribution < -0.4 is 10.2 Å². The fraction of sp³-hybridized carbons (Fsp3) is 0.200. The molecule has 0 fully saturated rings. The predicted octanol–water partition coefficient (Wildman–Crippen LogP) is 7.22. The van der Waals surface area contributed by atoms with Crippen LogP contribution in [0.4, 0.5) is 37.7 Å². The maximum Gasteiger partial charge on any atom is 0.416 e. The summed E-state index contributed by atoms with van der Waals surface area (Å²) >= 11 is 5.98. The average Bonchev–Trinajstić information content (AvgIpc) is 2.81. The average molecular weight is 527 g/mol. The molecule has 0 radical (unpaired) electrons. The maximum absolute atomic E-state index is 13.1. The predicted molar refractivity (Wildman–Crippen MR) is 122 cm³/mol. The molecule has 2 amide bonds. The Morgan fingerprint density at radius 3 is 2.11 bits per heavy atom. The standard InChI is InChI=1S/C25H17ClF6N2O2/c26-19-5-1-3-16(10-19)23(36)34-8-2-4-14-9-15(6-7-21(14)34)22(35)33-20-12-17(24(27,28)29)11-18(13-20)25(30,31)32/h1,3,5-7,9-13H,2,4,8H2,(H,33,35). The highest BCUT2D eigenvalue weighted by Gasteiger charge is 2.37. The summed E-state index contributed by atoms with van der Waals surface area (Å²) in [6.45, 7) is 0.425. The highest BCUT2D eigenvalue weighted by Crippen LogP contribution is 2.38. The molecule has 0 saturated carbocycles. The fourth-order valence-corrected chi connectivity index (χ4v) is 4.15. The van der Waals surface area contributed by atoms with Gasteiger partial charge < -0.3 is 10.2 Å². The molecule has 36 heavy (non-hydrogen) atoms. The van der Waals surface area contributed by atoms with Crippen molar-refractivity contribution in [1.29, 1.82) is 0 Å². The van der Waals surface area contributed by atoms with Gasteiger partial charge in [-0.15, -0.1) is 0 Å². The smallest absolute Gasteiger partial charge is 0.322 e. The largest absolute Gasteiger partial charge is 0.416 e. The van der Waals surface area contributed by atoms with Crippen molar-refractivity contribution in [3.05, 3.63) is 93.5 Å². The van der Waals surface area contributed by atoms with Crippen molar-refractivity contribution in [2.45, 2.75) is 25.2 Å². The zero-order chi connectivity index (χ0) is 26.3. The molecule has 4 rings (SSSR count). The number of halogens is 7. The monoisotopic (exact) mass is 526 g/mol. The Balaban J connectivity index is 1.61. The lowest BCUT2D eigenvalue weighted by atomic mass is 9.98. The number of nitrogens with one attached hydrogen (secondary N) is 1. The first kappa shape index (κ1) is 25.6. The van der Waals surface area contributed by atoms with E-state index in [4.69, 9.17) is 11.6 Å². The van der Waals surface area contributed by atoms with Crippen LogP contribution in [0.3, 0.4) is 0 Å². The number of aryl methyl sites for hydroxylation is 1. The minimum atomic E-state index is -5.04. The van der Waals surface area contributed by atoms with E-state index >= 15 is 0 Å². The molecule has 1 N–H and O–H groups in total. The molecule has 11 heteroatoms. The molecule has 3 aromatic rings. The summed E-state index contributed by atoms with van der Waals surface area (Å²) in [5, 5.41) is 2.52. The number of nitrogens with zero attached hydrogens (tertiary/aromatic N) is 1. The van der Waals surface area contributed by atoms with Gasteiger partial charge in [0.1, 0.15) is 0 Å². The number of benzene rings is 3. The lowest BCUT2D eigenvalue weighted by molar-refractivity contribution is -0.143. The zero-order valence-corrected chi connectivity index (χ0v) is 19.1. The maximum atomic E-state index is 13.1. The van der Waals surface area contributed by atoms with Crippen molar-refractivity contribution in [3.63, 3.8) is 0 Å². The summed E-state index contributed by atoms with van der Waals surface area (Å²) in [5.41, 5.74) is -2.11. The molecular weight excluding hydrogens is 510 g/mol. The number of rotatable bonds is 3. The van der Waals surface area contributed by atoms with Gasteiger partial charge >= 0.3 is 12.4 Å². The van der Waals surface area contributed by atoms with Gasteiger partial charge in [-0.25, -0.2) is 0 Å². The molecule has 0 unspecified atom stereocenters. The van der Waals surface area contributed by atoms with Gasteiger partial charge in [-0.1, -0.05) is 17.7 Å². The van der Waals surface area contributed by atoms with Crippen molar-refractivity contribution in [2.75, 3.05) is 16.8 Å². The number of anilines is 2. The Morgan fingerprint density at radius 1 is 0.833 bits per heavy atom. The number of hydrogen-bond donors (Lipinski definition) is 1. The number of carbonyl (C=O) groups excluding carboxylic acids is 2. The van der Waals surface area contributed by atoms with E-state index in [0.29, 0.717) is 53.4 Å². The molecule has 0 aliphatic carbocycles. The Morgan fingerprint density at radius 2 is 1.50 bits per heavy atom. The first-order valence-corrected chi connectivity index (χ1v) is 11.0. The van der Waals surface area contributed by atoms with Crippen LogP contribution in [0.5, 0.6) is 0 Å². The van der Waals surface area contributed by atoms with E-state index in [0.717, 1.165) is 0 Å². The summed E-state index contributed by atoms with van der Waals surface area (Å²) < 4.78 is 78.7. The van der Waals surface area contributed by atoms with Crippen LogP contribution in [-0.2, 0) is 18.8 Å². The van der Waals surface area contributed by atoms with E-state index in [9.17, 15) is 35.9 Å². The normalized spacial score (nSPS) is 13.8. The van der Waals surface area contributed by atoms with Crippen LogP contribution in [0, 0.1) is 0 Å². The quantitative estimate of drug-likeness (QED) is 0.366. The molecule has 0 aromatic heterocycles. The molecule has 1 heterocycles. The van der Waals surface area contributed by atoms with Crippen molar-refractivity contribution in [3.8, 4) is 0 Å². The van der Waals surface area contributed by atoms with E-state index in [1.54, 1.807) is 18.2 Å². The Labute approximate surface area is 206 Å². The summed E-state index contributed by atoms with van der Waals surface area (Å²) in [5.74, 6) is -1.18. The van der Waals surface area contributed by atoms with Crippen LogP contribution in [0.2, 0.25) is 5.02 Å². The SMILES string of the molecule is O=C(Nc1cc(C(F)(F)F)cc(C(F)(F)F)c1)c1ccc2c(c1)CCCN2C(=O)c1cccc(Cl)c1. The molecule has 0 spiro atoms. The molecular formula is C25H17ClF6N2O2. The lowest BCUT2D eigenvalue weighted by Gasteiger charge is -2.30. The number of carbonyl (C=O) groups is 2. The van der Waals surface area contributed by atoms with E-state index in [-0.39, 0.29) is 17.5 Å². The highest BCUT2D eigenvalue weighted by atomic mass is 35.5. The molecule has 188 valence electrons. The minimum Gasteiger partial charge on any atom is -0.322 e. The van der Waals surface area contributed by atoms with E-state index < -0.39 is 35.1 Å². The summed E-state index contributed by atoms with van der Waals surface area (Å²) in [7, 11) is 0. The zero-order valence-electron chi connectivity index (χ0n) is 18.3. The van der Waals surface area contributed by atoms with E-state index in [1.807, 2.05) is 0 Å². The van der Waals surface area contributed by atoms with E-state index in [2.05, 4.69) is 5.32 Å². The first-order chi connectivity index (χ1) is 16.8. The van der Waals surface area contributed by atoms with Gasteiger partial charge in [0.25, 0.3) is 11.8 Å². The summed E-state index contributed by atoms with van der Waals surface area (Å²) in [6, 6.07) is 11.7. The summed E-state index contributed by atoms with van der Waals surface area (Å²) in [4.78, 5) is 27.3. The van der Waals surface area contributed by atoms with Crippen molar-refractivity contribution >= 4 is 34.8 Å². The number of fused-ring (bicyclic) bond motifs is 1. The topological polar surface area (TPSA) is 49.4 Å². The molecule has 0 atom stereocenters. The molecule has 3 aromatic carbocycles. The van der Waals surface area contributed by atoms with Crippen LogP contribution in [0.1, 0.15) is 43.8 Å². The molecule has 1 aliphatic heterocycles. The van der Waals surface area contributed by atoms with Gasteiger partial charge in [-0.2, -0.15) is 26.3 Å². The van der Waals surface area contributed by atoms with Gasteiger partial charge in [0, 0.05) is 34.1 Å². The second-order valence-corrected chi connectivity index (χ2v) is 8.60. The third kappa shape index (κ3) is 5.48. The second-order valence-electron chi connectivity index (χ2n) is 8.16. The van der Waals surface area contributed by atoms with Gasteiger partial charge in [0.2, 0.25) is 0 Å². The molecule has 0 saturated heterocycles. The van der Waals surface area contributed by atoms with Crippen molar-refractivity contribution in [2.24, 2.45) is 0 Å². The minimum absolute atomic E-state index is 0.0138. The number of alkyl halides is 6. The molecule has 1 aliphatic rings. The van der Waals surface area contributed by atoms with Crippen LogP contribution in [0.15, 0.2) is 60.7 Å². The number of amides is 2. The van der Waals surface area contributed by atoms with Crippen molar-refractivity contribution < 1.29 is 35.9 Å². The number of hydrogen-bond acceptors (Lipinski definition) is 2. The van der Waals surface area contributed by atoms with Gasteiger partial charge in [0.05, 0.1) is 11.1 Å².